The number of nitrogens with one attached hydrogen (secondary N) is 1. The Morgan fingerprint density at radius 3 is 2.61 bits per heavy atom. The zero-order valence-electron chi connectivity index (χ0n) is 18.0. The molecule has 0 radical (unpaired) electrons. The Bertz CT molecular complexity index is 1390. The summed E-state index contributed by atoms with van der Waals surface area (Å²) in [5.74, 6) is 1.72. The summed E-state index contributed by atoms with van der Waals surface area (Å²) in [6.07, 6.45) is 1.68. The largest absolute Gasteiger partial charge is 0.436 e. The second-order valence-electron chi connectivity index (χ2n) is 7.47. The van der Waals surface area contributed by atoms with Gasteiger partial charge in [-0.1, -0.05) is 17.3 Å². The van der Waals surface area contributed by atoms with Crippen molar-refractivity contribution in [1.29, 1.82) is 0 Å². The zero-order chi connectivity index (χ0) is 22.8. The topological polar surface area (TPSA) is 94.0 Å². The number of pyridine rings is 1. The predicted octanol–water partition coefficient (Wildman–Crippen LogP) is 6.04. The Hall–Kier alpha value is -3.91. The van der Waals surface area contributed by atoms with E-state index in [-0.39, 0.29) is 5.91 Å². The average molecular weight is 457 g/mol. The lowest BCUT2D eigenvalue weighted by molar-refractivity contribution is 0.102. The fraction of sp³-hybridized carbons (Fsp3) is 0.120. The summed E-state index contributed by atoms with van der Waals surface area (Å²) in [7, 11) is 0. The van der Waals surface area contributed by atoms with Crippen LogP contribution in [-0.2, 0) is 5.75 Å². The van der Waals surface area contributed by atoms with Gasteiger partial charge in [0.15, 0.2) is 5.58 Å². The van der Waals surface area contributed by atoms with Crippen molar-refractivity contribution in [3.05, 3.63) is 89.4 Å². The minimum absolute atomic E-state index is 0.223. The molecule has 2 aromatic carbocycles. The lowest BCUT2D eigenvalue weighted by Gasteiger charge is -2.09. The van der Waals surface area contributed by atoms with Crippen molar-refractivity contribution in [1.82, 2.24) is 15.1 Å². The number of oxazole rings is 1. The van der Waals surface area contributed by atoms with Crippen molar-refractivity contribution in [2.75, 3.05) is 5.32 Å². The number of hydrogen-bond donors (Lipinski definition) is 1. The minimum Gasteiger partial charge on any atom is -0.436 e. The number of rotatable bonds is 6. The summed E-state index contributed by atoms with van der Waals surface area (Å²) in [4.78, 5) is 21.9. The first-order valence-corrected chi connectivity index (χ1v) is 11.3. The molecule has 3 heterocycles. The first-order valence-electron chi connectivity index (χ1n) is 10.4. The number of amides is 1. The number of benzene rings is 2. The number of carbonyl (C=O) groups is 1. The van der Waals surface area contributed by atoms with Gasteiger partial charge in [0.1, 0.15) is 16.3 Å². The summed E-state index contributed by atoms with van der Waals surface area (Å²) in [5.41, 5.74) is 5.43. The fourth-order valence-corrected chi connectivity index (χ4v) is 4.56. The number of aryl methyl sites for hydroxylation is 2. The smallest absolute Gasteiger partial charge is 0.258 e. The van der Waals surface area contributed by atoms with Crippen LogP contribution in [0, 0.1) is 13.8 Å². The van der Waals surface area contributed by atoms with E-state index in [9.17, 15) is 4.79 Å². The van der Waals surface area contributed by atoms with Crippen LogP contribution in [0.15, 0.2) is 80.8 Å². The van der Waals surface area contributed by atoms with Gasteiger partial charge in [-0.15, -0.1) is 11.8 Å². The Kier molecular flexibility index (Phi) is 5.66. The molecule has 0 saturated carbocycles. The number of thioether (sulfide) groups is 1. The molecule has 0 aliphatic carbocycles. The van der Waals surface area contributed by atoms with E-state index in [0.717, 1.165) is 33.7 Å². The van der Waals surface area contributed by atoms with Gasteiger partial charge >= 0.3 is 0 Å². The summed E-state index contributed by atoms with van der Waals surface area (Å²) < 4.78 is 11.0. The van der Waals surface area contributed by atoms with E-state index in [1.165, 1.54) is 11.8 Å². The Morgan fingerprint density at radius 1 is 1.03 bits per heavy atom. The molecular weight excluding hydrogens is 436 g/mol. The maximum Gasteiger partial charge on any atom is 0.258 e. The molecule has 3 aromatic heterocycles. The highest BCUT2D eigenvalue weighted by molar-refractivity contribution is 7.98. The van der Waals surface area contributed by atoms with Crippen LogP contribution in [-0.4, -0.2) is 21.0 Å². The monoisotopic (exact) mass is 456 g/mol. The molecule has 0 spiro atoms. The number of aromatic nitrogens is 3. The van der Waals surface area contributed by atoms with Gasteiger partial charge in [0.25, 0.3) is 5.91 Å². The van der Waals surface area contributed by atoms with Crippen LogP contribution < -0.4 is 5.32 Å². The molecule has 0 fully saturated rings. The fourth-order valence-electron chi connectivity index (χ4n) is 3.42. The quantitative estimate of drug-likeness (QED) is 0.311. The predicted molar refractivity (Wildman–Crippen MR) is 127 cm³/mol. The lowest BCUT2D eigenvalue weighted by atomic mass is 10.2. The number of nitrogens with zero attached hydrogens (tertiary/aromatic N) is 3. The van der Waals surface area contributed by atoms with E-state index in [1.807, 2.05) is 62.4 Å². The third kappa shape index (κ3) is 4.38. The van der Waals surface area contributed by atoms with Crippen molar-refractivity contribution in [2.45, 2.75) is 24.6 Å². The molecule has 5 rings (SSSR count). The molecule has 0 unspecified atom stereocenters. The van der Waals surface area contributed by atoms with Crippen molar-refractivity contribution >= 4 is 34.5 Å². The second kappa shape index (κ2) is 8.91. The second-order valence-corrected chi connectivity index (χ2v) is 8.43. The summed E-state index contributed by atoms with van der Waals surface area (Å²) in [5, 5.41) is 7.58. The number of hydrogen-bond acceptors (Lipinski definition) is 7. The number of anilines is 1. The SMILES string of the molecule is Cc1noc(C)c1CSc1ncccc1C(=O)Nc1ccc(-c2nc3ccccc3o2)cc1. The van der Waals surface area contributed by atoms with Gasteiger partial charge in [0, 0.05) is 28.8 Å². The van der Waals surface area contributed by atoms with Crippen molar-refractivity contribution in [2.24, 2.45) is 0 Å². The Labute approximate surface area is 194 Å². The van der Waals surface area contributed by atoms with Crippen LogP contribution in [0.3, 0.4) is 0 Å². The van der Waals surface area contributed by atoms with E-state index in [1.54, 1.807) is 18.3 Å². The minimum atomic E-state index is -0.223. The first kappa shape index (κ1) is 21.0. The molecule has 0 saturated heterocycles. The molecule has 0 atom stereocenters. The van der Waals surface area contributed by atoms with Gasteiger partial charge in [-0.2, -0.15) is 0 Å². The van der Waals surface area contributed by atoms with Crippen LogP contribution in [0.4, 0.5) is 5.69 Å². The molecular formula is C25H20N4O3S. The lowest BCUT2D eigenvalue weighted by Crippen LogP contribution is -2.13. The molecule has 8 heteroatoms. The van der Waals surface area contributed by atoms with Crippen LogP contribution in [0.2, 0.25) is 0 Å². The Morgan fingerprint density at radius 2 is 1.85 bits per heavy atom. The van der Waals surface area contributed by atoms with E-state index in [0.29, 0.717) is 27.9 Å². The standard InChI is InChI=1S/C25H20N4O3S/c1-15-20(16(2)32-29-15)14-33-25-19(6-5-13-26-25)23(30)27-18-11-9-17(10-12-18)24-28-21-7-3-4-8-22(21)31-24/h3-13H,14H2,1-2H3,(H,27,30). The zero-order valence-corrected chi connectivity index (χ0v) is 18.8. The highest BCUT2D eigenvalue weighted by Crippen LogP contribution is 2.28. The van der Waals surface area contributed by atoms with Crippen molar-refractivity contribution in [3.63, 3.8) is 0 Å². The molecule has 164 valence electrons. The Balaban J connectivity index is 1.30. The third-order valence-corrected chi connectivity index (χ3v) is 6.27. The first-order chi connectivity index (χ1) is 16.1. The van der Waals surface area contributed by atoms with Crippen LogP contribution in [0.25, 0.3) is 22.6 Å². The van der Waals surface area contributed by atoms with Crippen molar-refractivity contribution < 1.29 is 13.7 Å². The molecule has 33 heavy (non-hydrogen) atoms. The molecule has 0 bridgehead atoms. The molecule has 1 amide bonds. The molecule has 0 aliphatic rings. The van der Waals surface area contributed by atoms with Crippen LogP contribution in [0.5, 0.6) is 0 Å². The van der Waals surface area contributed by atoms with Gasteiger partial charge in [-0.25, -0.2) is 9.97 Å². The van der Waals surface area contributed by atoms with E-state index in [2.05, 4.69) is 20.4 Å². The highest BCUT2D eigenvalue weighted by atomic mass is 32.2. The number of para-hydroxylation sites is 2. The maximum atomic E-state index is 13.0. The molecule has 0 aliphatic heterocycles. The van der Waals surface area contributed by atoms with Gasteiger partial charge in [0.05, 0.1) is 11.3 Å². The van der Waals surface area contributed by atoms with Crippen LogP contribution in [0.1, 0.15) is 27.4 Å². The summed E-state index contributed by atoms with van der Waals surface area (Å²) in [6, 6.07) is 18.6. The number of carbonyl (C=O) groups excluding carboxylic acids is 1. The molecule has 5 aromatic rings. The van der Waals surface area contributed by atoms with Gasteiger partial charge in [-0.3, -0.25) is 4.79 Å². The van der Waals surface area contributed by atoms with Crippen LogP contribution >= 0.6 is 11.8 Å². The summed E-state index contributed by atoms with van der Waals surface area (Å²) >= 11 is 1.48. The number of fused-ring (bicyclic) bond motifs is 1. The van der Waals surface area contributed by atoms with Gasteiger partial charge in [0.2, 0.25) is 5.89 Å². The van der Waals surface area contributed by atoms with Gasteiger partial charge < -0.3 is 14.3 Å². The average Bonchev–Trinajstić information content (AvgIpc) is 3.41. The maximum absolute atomic E-state index is 13.0. The van der Waals surface area contributed by atoms with E-state index < -0.39 is 0 Å². The highest BCUT2D eigenvalue weighted by Gasteiger charge is 2.16. The molecule has 7 nitrogen and oxygen atoms in total. The van der Waals surface area contributed by atoms with E-state index in [4.69, 9.17) is 8.94 Å². The molecule has 1 N–H and O–H groups in total. The third-order valence-electron chi connectivity index (χ3n) is 5.23. The van der Waals surface area contributed by atoms with Crippen molar-refractivity contribution in [3.8, 4) is 11.5 Å². The normalized spacial score (nSPS) is 11.1. The van der Waals surface area contributed by atoms with Gasteiger partial charge in [-0.05, 0) is 62.4 Å². The van der Waals surface area contributed by atoms with E-state index >= 15 is 0 Å². The summed E-state index contributed by atoms with van der Waals surface area (Å²) in [6.45, 7) is 3.79.